The average Bonchev–Trinajstić information content (AvgIpc) is 2.26. The summed E-state index contributed by atoms with van der Waals surface area (Å²) in [7, 11) is 0. The molecule has 0 aliphatic heterocycles. The molecule has 0 aliphatic carbocycles. The van der Waals surface area contributed by atoms with Gasteiger partial charge >= 0.3 is 0 Å². The van der Waals surface area contributed by atoms with Gasteiger partial charge in [0.25, 0.3) is 0 Å². The number of anilines is 1. The lowest BCUT2D eigenvalue weighted by Gasteiger charge is -2.28. The van der Waals surface area contributed by atoms with Crippen molar-refractivity contribution in [1.82, 2.24) is 0 Å². The first-order valence-electron chi connectivity index (χ1n) is 6.43. The Kier molecular flexibility index (Phi) is 5.86. The lowest BCUT2D eigenvalue weighted by Crippen LogP contribution is -2.31. The normalized spacial score (nSPS) is 11.1. The van der Waals surface area contributed by atoms with Crippen LogP contribution in [0.25, 0.3) is 0 Å². The quantitative estimate of drug-likeness (QED) is 0.727. The van der Waals surface area contributed by atoms with Gasteiger partial charge in [-0.05, 0) is 46.0 Å². The molecule has 0 N–H and O–H groups in total. The molecule has 0 heterocycles. The molecule has 0 aliphatic rings. The smallest absolute Gasteiger partial charge is 0.151 e. The Labute approximate surface area is 119 Å². The summed E-state index contributed by atoms with van der Waals surface area (Å²) in [6, 6.07) is 5.94. The summed E-state index contributed by atoms with van der Waals surface area (Å²) in [6.07, 6.45) is 0.878. The second-order valence-electron chi connectivity index (χ2n) is 5.52. The van der Waals surface area contributed by atoms with E-state index in [4.69, 9.17) is 0 Å². The molecular formula is C15H22BrNO. The van der Waals surface area contributed by atoms with Crippen molar-refractivity contribution in [1.29, 1.82) is 0 Å². The highest BCUT2D eigenvalue weighted by molar-refractivity contribution is 9.10. The molecule has 1 aromatic carbocycles. The summed E-state index contributed by atoms with van der Waals surface area (Å²) >= 11 is 3.45. The van der Waals surface area contributed by atoms with Gasteiger partial charge in [-0.1, -0.05) is 27.7 Å². The van der Waals surface area contributed by atoms with Crippen LogP contribution in [-0.4, -0.2) is 19.4 Å². The summed E-state index contributed by atoms with van der Waals surface area (Å²) < 4.78 is 0.868. The van der Waals surface area contributed by atoms with Crippen LogP contribution in [0.2, 0.25) is 0 Å². The van der Waals surface area contributed by atoms with E-state index in [1.165, 1.54) is 5.69 Å². The minimum atomic E-state index is 0.619. The van der Waals surface area contributed by atoms with Crippen molar-refractivity contribution < 1.29 is 4.79 Å². The van der Waals surface area contributed by atoms with Gasteiger partial charge in [0.05, 0.1) is 0 Å². The maximum Gasteiger partial charge on any atom is 0.151 e. The van der Waals surface area contributed by atoms with Crippen molar-refractivity contribution in [2.45, 2.75) is 27.7 Å². The molecule has 0 bridgehead atoms. The van der Waals surface area contributed by atoms with Crippen LogP contribution in [0.3, 0.4) is 0 Å². The maximum atomic E-state index is 10.8. The van der Waals surface area contributed by atoms with E-state index in [1.54, 1.807) is 0 Å². The monoisotopic (exact) mass is 311 g/mol. The van der Waals surface area contributed by atoms with Crippen LogP contribution in [0, 0.1) is 11.8 Å². The standard InChI is InChI=1S/C15H22BrNO/c1-11(2)8-17(9-12(3)4)14-6-5-13(10-18)15(16)7-14/h5-7,10-12H,8-9H2,1-4H3. The van der Waals surface area contributed by atoms with Gasteiger partial charge in [-0.25, -0.2) is 0 Å². The van der Waals surface area contributed by atoms with Crippen molar-refractivity contribution in [3.05, 3.63) is 28.2 Å². The molecule has 0 unspecified atom stereocenters. The molecule has 3 heteroatoms. The summed E-state index contributed by atoms with van der Waals surface area (Å²) in [5.74, 6) is 1.24. The number of benzene rings is 1. The molecule has 0 saturated heterocycles. The maximum absolute atomic E-state index is 10.8. The largest absolute Gasteiger partial charge is 0.371 e. The molecule has 0 radical (unpaired) electrons. The Bertz CT molecular complexity index is 391. The van der Waals surface area contributed by atoms with Gasteiger partial charge in [0.15, 0.2) is 6.29 Å². The fraction of sp³-hybridized carbons (Fsp3) is 0.533. The van der Waals surface area contributed by atoms with E-state index in [0.717, 1.165) is 23.8 Å². The van der Waals surface area contributed by atoms with Gasteiger partial charge in [-0.2, -0.15) is 0 Å². The van der Waals surface area contributed by atoms with Gasteiger partial charge in [-0.15, -0.1) is 0 Å². The van der Waals surface area contributed by atoms with Crippen LogP contribution in [0.5, 0.6) is 0 Å². The van der Waals surface area contributed by atoms with Crippen molar-refractivity contribution in [2.24, 2.45) is 11.8 Å². The predicted molar refractivity (Wildman–Crippen MR) is 81.4 cm³/mol. The summed E-state index contributed by atoms with van der Waals surface area (Å²) in [4.78, 5) is 13.2. The molecule has 0 aromatic heterocycles. The molecule has 0 saturated carbocycles. The first kappa shape index (κ1) is 15.2. The van der Waals surface area contributed by atoms with Crippen LogP contribution >= 0.6 is 15.9 Å². The van der Waals surface area contributed by atoms with Crippen molar-refractivity contribution in [2.75, 3.05) is 18.0 Å². The minimum absolute atomic E-state index is 0.619. The van der Waals surface area contributed by atoms with Gasteiger partial charge in [-0.3, -0.25) is 4.79 Å². The average molecular weight is 312 g/mol. The number of carbonyl (C=O) groups is 1. The molecule has 0 amide bonds. The molecule has 1 rings (SSSR count). The van der Waals surface area contributed by atoms with Gasteiger partial charge in [0, 0.05) is 28.8 Å². The van der Waals surface area contributed by atoms with Crippen LogP contribution < -0.4 is 4.90 Å². The molecule has 0 fully saturated rings. The summed E-state index contributed by atoms with van der Waals surface area (Å²) in [5.41, 5.74) is 1.88. The van der Waals surface area contributed by atoms with E-state index in [2.05, 4.69) is 48.5 Å². The Balaban J connectivity index is 2.97. The lowest BCUT2D eigenvalue weighted by molar-refractivity contribution is 0.112. The van der Waals surface area contributed by atoms with E-state index >= 15 is 0 Å². The molecule has 2 nitrogen and oxygen atoms in total. The van der Waals surface area contributed by atoms with E-state index in [1.807, 2.05) is 18.2 Å². The molecular weight excluding hydrogens is 290 g/mol. The predicted octanol–water partition coefficient (Wildman–Crippen LogP) is 4.38. The summed E-state index contributed by atoms with van der Waals surface area (Å²) in [5, 5.41) is 0. The van der Waals surface area contributed by atoms with E-state index in [-0.39, 0.29) is 0 Å². The third-order valence-electron chi connectivity index (χ3n) is 2.65. The van der Waals surface area contributed by atoms with Gasteiger partial charge < -0.3 is 4.90 Å². The highest BCUT2D eigenvalue weighted by Gasteiger charge is 2.11. The second kappa shape index (κ2) is 6.93. The van der Waals surface area contributed by atoms with Crippen molar-refractivity contribution >= 4 is 27.9 Å². The molecule has 0 spiro atoms. The molecule has 0 atom stereocenters. The summed E-state index contributed by atoms with van der Waals surface area (Å²) in [6.45, 7) is 11.0. The van der Waals surface area contributed by atoms with Crippen molar-refractivity contribution in [3.63, 3.8) is 0 Å². The van der Waals surface area contributed by atoms with Crippen molar-refractivity contribution in [3.8, 4) is 0 Å². The number of carbonyl (C=O) groups excluding carboxylic acids is 1. The second-order valence-corrected chi connectivity index (χ2v) is 6.37. The molecule has 100 valence electrons. The number of halogens is 1. The van der Waals surface area contributed by atoms with Gasteiger partial charge in [0.2, 0.25) is 0 Å². The number of hydrogen-bond donors (Lipinski definition) is 0. The SMILES string of the molecule is CC(C)CN(CC(C)C)c1ccc(C=O)c(Br)c1. The first-order valence-corrected chi connectivity index (χ1v) is 7.23. The van der Waals surface area contributed by atoms with E-state index < -0.39 is 0 Å². The fourth-order valence-electron chi connectivity index (χ4n) is 1.98. The zero-order valence-electron chi connectivity index (χ0n) is 11.6. The third kappa shape index (κ3) is 4.45. The Morgan fingerprint density at radius 3 is 2.11 bits per heavy atom. The Morgan fingerprint density at radius 1 is 1.17 bits per heavy atom. The zero-order valence-corrected chi connectivity index (χ0v) is 13.2. The van der Waals surface area contributed by atoms with Gasteiger partial charge in [0.1, 0.15) is 0 Å². The number of hydrogen-bond acceptors (Lipinski definition) is 2. The van der Waals surface area contributed by atoms with Crippen LogP contribution in [0.4, 0.5) is 5.69 Å². The van der Waals surface area contributed by atoms with E-state index in [0.29, 0.717) is 17.4 Å². The fourth-order valence-corrected chi connectivity index (χ4v) is 2.44. The Morgan fingerprint density at radius 2 is 1.72 bits per heavy atom. The number of rotatable bonds is 6. The zero-order chi connectivity index (χ0) is 13.7. The van der Waals surface area contributed by atoms with E-state index in [9.17, 15) is 4.79 Å². The number of nitrogens with zero attached hydrogens (tertiary/aromatic N) is 1. The third-order valence-corrected chi connectivity index (χ3v) is 3.33. The van der Waals surface area contributed by atoms with Crippen LogP contribution in [-0.2, 0) is 0 Å². The highest BCUT2D eigenvalue weighted by atomic mass is 79.9. The number of aldehydes is 1. The molecule has 1 aromatic rings. The minimum Gasteiger partial charge on any atom is -0.371 e. The lowest BCUT2D eigenvalue weighted by atomic mass is 10.1. The Hall–Kier alpha value is -0.830. The highest BCUT2D eigenvalue weighted by Crippen LogP contribution is 2.24. The first-order chi connectivity index (χ1) is 8.43. The molecule has 18 heavy (non-hydrogen) atoms. The van der Waals surface area contributed by atoms with Crippen LogP contribution in [0.1, 0.15) is 38.1 Å². The topological polar surface area (TPSA) is 20.3 Å². The van der Waals surface area contributed by atoms with Crippen LogP contribution in [0.15, 0.2) is 22.7 Å².